The van der Waals surface area contributed by atoms with Gasteiger partial charge in [0.25, 0.3) is 5.56 Å². The van der Waals surface area contributed by atoms with Gasteiger partial charge in [-0.2, -0.15) is 5.10 Å². The third-order valence-corrected chi connectivity index (χ3v) is 7.85. The maximum absolute atomic E-state index is 13.3. The maximum atomic E-state index is 13.3. The van der Waals surface area contributed by atoms with Crippen LogP contribution in [0, 0.1) is 0 Å². The fourth-order valence-electron chi connectivity index (χ4n) is 4.31. The van der Waals surface area contributed by atoms with Crippen molar-refractivity contribution in [3.05, 3.63) is 67.5 Å². The van der Waals surface area contributed by atoms with Gasteiger partial charge in [0.2, 0.25) is 0 Å². The summed E-state index contributed by atoms with van der Waals surface area (Å²) in [6.07, 6.45) is 0.378. The number of ether oxygens (including phenoxy) is 1. The molecule has 1 fully saturated rings. The zero-order valence-corrected chi connectivity index (χ0v) is 20.9. The molecule has 1 atom stereocenters. The summed E-state index contributed by atoms with van der Waals surface area (Å²) in [4.78, 5) is 32.4. The molecule has 1 N–H and O–H groups in total. The van der Waals surface area contributed by atoms with Crippen molar-refractivity contribution in [1.82, 2.24) is 19.7 Å². The Labute approximate surface area is 214 Å². The molecule has 0 bridgehead atoms. The number of morpholine rings is 1. The molecule has 4 aromatic rings. The largest absolute Gasteiger partial charge is 0.481 e. The number of carbonyl (C=O) groups is 1. The minimum Gasteiger partial charge on any atom is -0.481 e. The number of halogens is 2. The summed E-state index contributed by atoms with van der Waals surface area (Å²) >= 11 is 13.6. The number of hydrogen-bond acceptors (Lipinski definition) is 7. The Morgan fingerprint density at radius 2 is 1.86 bits per heavy atom. The average molecular weight is 533 g/mol. The Balaban J connectivity index is 1.53. The lowest BCUT2D eigenvalue weighted by atomic mass is 9.96. The Morgan fingerprint density at radius 1 is 1.14 bits per heavy atom. The Morgan fingerprint density at radius 3 is 2.60 bits per heavy atom. The monoisotopic (exact) mass is 532 g/mol. The predicted molar refractivity (Wildman–Crippen MR) is 137 cm³/mol. The quantitative estimate of drug-likeness (QED) is 0.379. The number of nitrogens with zero attached hydrogens (tertiary/aromatic N) is 4. The molecule has 11 heteroatoms. The van der Waals surface area contributed by atoms with Crippen LogP contribution in [-0.4, -0.2) is 63.6 Å². The first-order valence-corrected chi connectivity index (χ1v) is 12.7. The summed E-state index contributed by atoms with van der Waals surface area (Å²) in [5.74, 6) is -1.83. The normalized spacial score (nSPS) is 15.6. The number of benzene rings is 2. The molecule has 1 unspecified atom stereocenters. The number of aromatic nitrogens is 3. The molecule has 0 amide bonds. The van der Waals surface area contributed by atoms with Gasteiger partial charge in [0, 0.05) is 18.5 Å². The highest BCUT2D eigenvalue weighted by Crippen LogP contribution is 2.31. The van der Waals surface area contributed by atoms with Crippen LogP contribution in [0.25, 0.3) is 21.0 Å². The molecular weight excluding hydrogens is 511 g/mol. The molecule has 2 aromatic heterocycles. The lowest BCUT2D eigenvalue weighted by Gasteiger charge is -2.27. The van der Waals surface area contributed by atoms with E-state index in [4.69, 9.17) is 27.9 Å². The van der Waals surface area contributed by atoms with Crippen LogP contribution < -0.4 is 5.56 Å². The van der Waals surface area contributed by atoms with E-state index in [-0.39, 0.29) is 12.1 Å². The van der Waals surface area contributed by atoms with Gasteiger partial charge >= 0.3 is 5.97 Å². The third kappa shape index (κ3) is 5.05. The molecule has 0 radical (unpaired) electrons. The number of carboxylic acid groups (broad SMARTS) is 1. The topological polar surface area (TPSA) is 97.6 Å². The number of fused-ring (bicyclic) bond motifs is 2. The smallest absolute Gasteiger partial charge is 0.312 e. The molecule has 3 heterocycles. The Hall–Kier alpha value is -2.56. The lowest BCUT2D eigenvalue weighted by Crippen LogP contribution is -2.38. The minimum absolute atomic E-state index is 0.112. The van der Waals surface area contributed by atoms with E-state index < -0.39 is 11.9 Å². The highest BCUT2D eigenvalue weighted by atomic mass is 35.5. The first-order chi connectivity index (χ1) is 16.9. The minimum atomic E-state index is -0.967. The summed E-state index contributed by atoms with van der Waals surface area (Å²) < 4.78 is 7.54. The standard InChI is InChI=1S/C24H22Cl2N4O4S/c25-17-11-19-20(12-18(17)26)35-21(27-19)13-30-23(31)15-4-2-1-3-14(15)22(28-30)16(24(32)33)5-6-29-7-9-34-10-8-29/h1-4,11-12,16H,5-10,13H2,(H,32,33). The van der Waals surface area contributed by atoms with E-state index in [0.717, 1.165) is 17.8 Å². The Kier molecular flexibility index (Phi) is 7.04. The number of hydrogen-bond donors (Lipinski definition) is 1. The molecule has 8 nitrogen and oxygen atoms in total. The molecule has 1 aliphatic heterocycles. The van der Waals surface area contributed by atoms with Gasteiger partial charge in [-0.05, 0) is 31.2 Å². The summed E-state index contributed by atoms with van der Waals surface area (Å²) in [6, 6.07) is 10.5. The molecule has 5 rings (SSSR count). The van der Waals surface area contributed by atoms with E-state index in [2.05, 4.69) is 15.0 Å². The highest BCUT2D eigenvalue weighted by molar-refractivity contribution is 7.18. The van der Waals surface area contributed by atoms with Crippen LogP contribution in [0.15, 0.2) is 41.2 Å². The van der Waals surface area contributed by atoms with Crippen molar-refractivity contribution in [2.75, 3.05) is 32.8 Å². The summed E-state index contributed by atoms with van der Waals surface area (Å²) in [5, 5.41) is 17.2. The highest BCUT2D eigenvalue weighted by Gasteiger charge is 2.27. The van der Waals surface area contributed by atoms with Crippen molar-refractivity contribution in [3.8, 4) is 0 Å². The van der Waals surface area contributed by atoms with E-state index in [0.29, 0.717) is 63.2 Å². The molecule has 0 aliphatic carbocycles. The molecular formula is C24H22Cl2N4O4S. The van der Waals surface area contributed by atoms with Gasteiger partial charge in [0.05, 0.1) is 51.1 Å². The van der Waals surface area contributed by atoms with E-state index in [1.807, 2.05) is 0 Å². The van der Waals surface area contributed by atoms with Crippen LogP contribution in [0.3, 0.4) is 0 Å². The van der Waals surface area contributed by atoms with Crippen LogP contribution in [0.5, 0.6) is 0 Å². The van der Waals surface area contributed by atoms with E-state index >= 15 is 0 Å². The first-order valence-electron chi connectivity index (χ1n) is 11.2. The summed E-state index contributed by atoms with van der Waals surface area (Å²) in [6.45, 7) is 3.54. The van der Waals surface area contributed by atoms with Crippen molar-refractivity contribution in [1.29, 1.82) is 0 Å². The van der Waals surface area contributed by atoms with Gasteiger partial charge in [-0.3, -0.25) is 14.5 Å². The molecule has 2 aromatic carbocycles. The zero-order valence-electron chi connectivity index (χ0n) is 18.6. The molecule has 1 aliphatic rings. The number of thiazole rings is 1. The van der Waals surface area contributed by atoms with Crippen LogP contribution in [0.2, 0.25) is 10.0 Å². The Bertz CT molecular complexity index is 1430. The molecule has 182 valence electrons. The second-order valence-corrected chi connectivity index (χ2v) is 10.3. The van der Waals surface area contributed by atoms with Crippen LogP contribution in [-0.2, 0) is 16.1 Å². The van der Waals surface area contributed by atoms with Crippen LogP contribution in [0.4, 0.5) is 0 Å². The van der Waals surface area contributed by atoms with Crippen LogP contribution >= 0.6 is 34.5 Å². The van der Waals surface area contributed by atoms with Crippen molar-refractivity contribution in [2.24, 2.45) is 0 Å². The summed E-state index contributed by atoms with van der Waals surface area (Å²) in [5.41, 5.74) is 0.771. The molecule has 0 saturated carbocycles. The van der Waals surface area contributed by atoms with Gasteiger partial charge in [-0.1, -0.05) is 41.4 Å². The van der Waals surface area contributed by atoms with Gasteiger partial charge < -0.3 is 9.84 Å². The lowest BCUT2D eigenvalue weighted by molar-refractivity contribution is -0.139. The predicted octanol–water partition coefficient (Wildman–Crippen LogP) is 4.25. The third-order valence-electron chi connectivity index (χ3n) is 6.12. The SMILES string of the molecule is O=C(O)C(CCN1CCOCC1)c1nn(Cc2nc3cc(Cl)c(Cl)cc3s2)c(=O)c2ccccc12. The molecule has 35 heavy (non-hydrogen) atoms. The second-order valence-electron chi connectivity index (χ2n) is 8.37. The number of carboxylic acids is 1. The van der Waals surface area contributed by atoms with Crippen molar-refractivity contribution < 1.29 is 14.6 Å². The summed E-state index contributed by atoms with van der Waals surface area (Å²) in [7, 11) is 0. The average Bonchev–Trinajstić information content (AvgIpc) is 3.23. The second kappa shape index (κ2) is 10.2. The van der Waals surface area contributed by atoms with Crippen molar-refractivity contribution >= 4 is 61.5 Å². The van der Waals surface area contributed by atoms with Gasteiger partial charge in [-0.25, -0.2) is 9.67 Å². The number of rotatable bonds is 7. The van der Waals surface area contributed by atoms with Crippen molar-refractivity contribution in [3.63, 3.8) is 0 Å². The van der Waals surface area contributed by atoms with Gasteiger partial charge in [0.15, 0.2) is 0 Å². The maximum Gasteiger partial charge on any atom is 0.312 e. The molecule has 1 saturated heterocycles. The van der Waals surface area contributed by atoms with E-state index in [1.54, 1.807) is 36.4 Å². The van der Waals surface area contributed by atoms with Gasteiger partial charge in [0.1, 0.15) is 10.9 Å². The fourth-order valence-corrected chi connectivity index (χ4v) is 5.66. The fraction of sp³-hybridized carbons (Fsp3) is 0.333. The van der Waals surface area contributed by atoms with Gasteiger partial charge in [-0.15, -0.1) is 11.3 Å². The molecule has 0 spiro atoms. The van der Waals surface area contributed by atoms with E-state index in [9.17, 15) is 14.7 Å². The zero-order chi connectivity index (χ0) is 24.5. The van der Waals surface area contributed by atoms with Crippen molar-refractivity contribution in [2.45, 2.75) is 18.9 Å². The van der Waals surface area contributed by atoms with E-state index in [1.165, 1.54) is 16.0 Å². The first kappa shape index (κ1) is 24.1. The van der Waals surface area contributed by atoms with Crippen LogP contribution in [0.1, 0.15) is 23.0 Å². The number of aliphatic carboxylic acids is 1.